The number of benzene rings is 1. The second-order valence-corrected chi connectivity index (χ2v) is 4.93. The van der Waals surface area contributed by atoms with Gasteiger partial charge in [0.25, 0.3) is 5.91 Å². The number of fused-ring (bicyclic) bond motifs is 1. The second kappa shape index (κ2) is 5.21. The van der Waals surface area contributed by atoms with Crippen molar-refractivity contribution in [2.45, 2.75) is 13.0 Å². The third-order valence-corrected chi connectivity index (χ3v) is 3.50. The van der Waals surface area contributed by atoms with Gasteiger partial charge in [-0.15, -0.1) is 10.2 Å². The standard InChI is InChI=1S/C14H13FN4O3/c1-7(19-6-11(19)14(21)22-2)17-18-12-9-5-8(15)3-4-10(9)16-13(12)20/h3-5,11H,6H2,1-2H3,(H,16,18,20)/b17-7+. The molecule has 2 heterocycles. The summed E-state index contributed by atoms with van der Waals surface area (Å²) in [5.74, 6) is -0.749. The summed E-state index contributed by atoms with van der Waals surface area (Å²) in [5, 5.41) is 10.4. The molecular formula is C14H13FN4O3. The van der Waals surface area contributed by atoms with Crippen LogP contribution in [0.15, 0.2) is 28.4 Å². The second-order valence-electron chi connectivity index (χ2n) is 4.93. The molecule has 1 atom stereocenters. The van der Waals surface area contributed by atoms with Gasteiger partial charge in [-0.3, -0.25) is 4.79 Å². The van der Waals surface area contributed by atoms with Crippen molar-refractivity contribution in [3.05, 3.63) is 29.6 Å². The minimum absolute atomic E-state index is 0.0466. The fourth-order valence-electron chi connectivity index (χ4n) is 2.24. The molecule has 2 aliphatic heterocycles. The Kier molecular flexibility index (Phi) is 3.36. The molecule has 114 valence electrons. The summed E-state index contributed by atoms with van der Waals surface area (Å²) in [5.41, 5.74) is 0.916. The van der Waals surface area contributed by atoms with Gasteiger partial charge in [0.05, 0.1) is 19.3 Å². The van der Waals surface area contributed by atoms with Crippen LogP contribution in [0.2, 0.25) is 0 Å². The molecule has 3 rings (SSSR count). The molecule has 1 aromatic rings. The molecule has 1 amide bonds. The average molecular weight is 304 g/mol. The Labute approximate surface area is 125 Å². The molecular weight excluding hydrogens is 291 g/mol. The van der Waals surface area contributed by atoms with Crippen LogP contribution in [0, 0.1) is 5.82 Å². The Morgan fingerprint density at radius 1 is 1.50 bits per heavy atom. The van der Waals surface area contributed by atoms with Crippen LogP contribution in [0.1, 0.15) is 12.5 Å². The highest BCUT2D eigenvalue weighted by molar-refractivity contribution is 6.53. The zero-order valence-electron chi connectivity index (χ0n) is 12.0. The fraction of sp³-hybridized carbons (Fsp3) is 0.286. The van der Waals surface area contributed by atoms with Gasteiger partial charge in [0.2, 0.25) is 0 Å². The molecule has 1 unspecified atom stereocenters. The highest BCUT2D eigenvalue weighted by Gasteiger charge is 2.42. The molecule has 1 N–H and O–H groups in total. The number of esters is 1. The molecule has 7 nitrogen and oxygen atoms in total. The molecule has 0 spiro atoms. The third kappa shape index (κ3) is 2.43. The smallest absolute Gasteiger partial charge is 0.330 e. The van der Waals surface area contributed by atoms with Crippen LogP contribution >= 0.6 is 0 Å². The van der Waals surface area contributed by atoms with Crippen molar-refractivity contribution in [1.29, 1.82) is 0 Å². The molecule has 8 heteroatoms. The van der Waals surface area contributed by atoms with Gasteiger partial charge in [-0.25, -0.2) is 9.18 Å². The predicted octanol–water partition coefficient (Wildman–Crippen LogP) is 0.757. The number of amidine groups is 1. The number of halogens is 1. The number of hydrogen-bond donors (Lipinski definition) is 1. The van der Waals surface area contributed by atoms with Gasteiger partial charge in [-0.1, -0.05) is 0 Å². The van der Waals surface area contributed by atoms with Crippen molar-refractivity contribution in [3.8, 4) is 0 Å². The van der Waals surface area contributed by atoms with E-state index in [4.69, 9.17) is 0 Å². The Bertz CT molecular complexity index is 729. The maximum Gasteiger partial charge on any atom is 0.330 e. The minimum Gasteiger partial charge on any atom is -0.467 e. The number of nitrogens with one attached hydrogen (secondary N) is 1. The lowest BCUT2D eigenvalue weighted by molar-refractivity contribution is -0.140. The van der Waals surface area contributed by atoms with Crippen molar-refractivity contribution < 1.29 is 18.7 Å². The van der Waals surface area contributed by atoms with Crippen LogP contribution in [0.5, 0.6) is 0 Å². The summed E-state index contributed by atoms with van der Waals surface area (Å²) in [7, 11) is 1.32. The molecule has 1 saturated heterocycles. The van der Waals surface area contributed by atoms with Crippen molar-refractivity contribution in [2.75, 3.05) is 19.0 Å². The van der Waals surface area contributed by atoms with E-state index in [-0.39, 0.29) is 17.7 Å². The van der Waals surface area contributed by atoms with Crippen LogP contribution in [0.3, 0.4) is 0 Å². The molecule has 0 bridgehead atoms. The van der Waals surface area contributed by atoms with E-state index >= 15 is 0 Å². The number of rotatable bonds is 2. The molecule has 1 aromatic carbocycles. The van der Waals surface area contributed by atoms with Gasteiger partial charge in [0.1, 0.15) is 17.7 Å². The number of anilines is 1. The SMILES string of the molecule is COC(=O)C1CN1/C(C)=N/N=C1\C(=O)Nc2ccc(F)cc21. The summed E-state index contributed by atoms with van der Waals surface area (Å²) < 4.78 is 17.9. The average Bonchev–Trinajstić information content (AvgIpc) is 3.23. The van der Waals surface area contributed by atoms with Gasteiger partial charge in [0, 0.05) is 5.56 Å². The Balaban J connectivity index is 1.82. The van der Waals surface area contributed by atoms with Gasteiger partial charge in [-0.2, -0.15) is 0 Å². The van der Waals surface area contributed by atoms with Gasteiger partial charge in [0.15, 0.2) is 5.71 Å². The molecule has 0 saturated carbocycles. The number of methoxy groups -OCH3 is 1. The first-order valence-electron chi connectivity index (χ1n) is 6.59. The number of hydrogen-bond acceptors (Lipinski definition) is 5. The quantitative estimate of drug-likeness (QED) is 0.287. The molecule has 2 aliphatic rings. The van der Waals surface area contributed by atoms with Crippen molar-refractivity contribution in [2.24, 2.45) is 10.2 Å². The number of ether oxygens (including phenoxy) is 1. The molecule has 0 radical (unpaired) electrons. The monoisotopic (exact) mass is 304 g/mol. The number of amides is 1. The molecule has 1 fully saturated rings. The third-order valence-electron chi connectivity index (χ3n) is 3.50. The summed E-state index contributed by atoms with van der Waals surface area (Å²) in [6, 6.07) is 3.61. The van der Waals surface area contributed by atoms with E-state index in [1.165, 1.54) is 25.3 Å². The molecule has 0 aromatic heterocycles. The summed E-state index contributed by atoms with van der Waals surface area (Å²) in [4.78, 5) is 24.9. The topological polar surface area (TPSA) is 83.1 Å². The lowest BCUT2D eigenvalue weighted by atomic mass is 10.1. The van der Waals surface area contributed by atoms with E-state index in [9.17, 15) is 14.0 Å². The zero-order chi connectivity index (χ0) is 15.9. The molecule has 0 aliphatic carbocycles. The highest BCUT2D eigenvalue weighted by Crippen LogP contribution is 2.25. The van der Waals surface area contributed by atoms with E-state index in [0.29, 0.717) is 23.6 Å². The van der Waals surface area contributed by atoms with Gasteiger partial charge >= 0.3 is 5.97 Å². The van der Waals surface area contributed by atoms with E-state index < -0.39 is 11.7 Å². The minimum atomic E-state index is -0.458. The van der Waals surface area contributed by atoms with E-state index in [0.717, 1.165) is 0 Å². The summed E-state index contributed by atoms with van der Waals surface area (Å²) in [6.45, 7) is 2.18. The first kappa shape index (κ1) is 14.2. The largest absolute Gasteiger partial charge is 0.467 e. The van der Waals surface area contributed by atoms with E-state index in [2.05, 4.69) is 20.3 Å². The van der Waals surface area contributed by atoms with Crippen molar-refractivity contribution >= 4 is 29.1 Å². The first-order chi connectivity index (χ1) is 10.5. The lowest BCUT2D eigenvalue weighted by Gasteiger charge is -2.01. The first-order valence-corrected chi connectivity index (χ1v) is 6.59. The van der Waals surface area contributed by atoms with Gasteiger partial charge < -0.3 is 15.0 Å². The van der Waals surface area contributed by atoms with Crippen LogP contribution < -0.4 is 5.32 Å². The normalized spacial score (nSPS) is 21.7. The number of carbonyl (C=O) groups is 2. The predicted molar refractivity (Wildman–Crippen MR) is 77.2 cm³/mol. The zero-order valence-corrected chi connectivity index (χ0v) is 12.0. The Hall–Kier alpha value is -2.77. The highest BCUT2D eigenvalue weighted by atomic mass is 19.1. The van der Waals surface area contributed by atoms with Gasteiger partial charge in [-0.05, 0) is 25.1 Å². The number of carbonyl (C=O) groups excluding carboxylic acids is 2. The summed E-state index contributed by atoms with van der Waals surface area (Å²) in [6.07, 6.45) is 0. The lowest BCUT2D eigenvalue weighted by Crippen LogP contribution is -2.18. The maximum absolute atomic E-state index is 13.3. The Morgan fingerprint density at radius 3 is 3.00 bits per heavy atom. The van der Waals surface area contributed by atoms with Crippen molar-refractivity contribution in [3.63, 3.8) is 0 Å². The van der Waals surface area contributed by atoms with Crippen LogP contribution in [-0.2, 0) is 14.3 Å². The van der Waals surface area contributed by atoms with Crippen LogP contribution in [-0.4, -0.2) is 48.0 Å². The number of nitrogens with zero attached hydrogens (tertiary/aromatic N) is 3. The van der Waals surface area contributed by atoms with Crippen molar-refractivity contribution in [1.82, 2.24) is 4.90 Å². The van der Waals surface area contributed by atoms with E-state index in [1.54, 1.807) is 11.8 Å². The fourth-order valence-corrected chi connectivity index (χ4v) is 2.24. The van der Waals surface area contributed by atoms with Crippen LogP contribution in [0.25, 0.3) is 0 Å². The summed E-state index contributed by atoms with van der Waals surface area (Å²) >= 11 is 0. The van der Waals surface area contributed by atoms with Crippen LogP contribution in [0.4, 0.5) is 10.1 Å². The Morgan fingerprint density at radius 2 is 2.27 bits per heavy atom. The maximum atomic E-state index is 13.3. The van der Waals surface area contributed by atoms with E-state index in [1.807, 2.05) is 0 Å². The molecule has 22 heavy (non-hydrogen) atoms.